The van der Waals surface area contributed by atoms with Gasteiger partial charge < -0.3 is 5.11 Å². The number of hydrogen-bond donors (Lipinski definition) is 1. The number of hydrogen-bond acceptors (Lipinski definition) is 2. The van der Waals surface area contributed by atoms with Gasteiger partial charge in [-0.05, 0) is 11.5 Å². The third-order valence-electron chi connectivity index (χ3n) is 1.71. The molecule has 1 aromatic carbocycles. The molecule has 0 saturated carbocycles. The highest BCUT2D eigenvalue weighted by atomic mass is 19.1. The maximum Gasteiger partial charge on any atom is 0.213 e. The minimum absolute atomic E-state index is 0.125. The van der Waals surface area contributed by atoms with Crippen molar-refractivity contribution in [2.24, 2.45) is 0 Å². The number of phenols is 1. The lowest BCUT2D eigenvalue weighted by Gasteiger charge is -1.98. The quantitative estimate of drug-likeness (QED) is 0.603. The number of phenolic OH excluding ortho intramolecular Hbond substituents is 1. The maximum absolute atomic E-state index is 12.6. The first-order chi connectivity index (χ1) is 5.77. The second kappa shape index (κ2) is 2.44. The summed E-state index contributed by atoms with van der Waals surface area (Å²) in [4.78, 5) is 3.44. The summed E-state index contributed by atoms with van der Waals surface area (Å²) < 4.78 is 12.6. The number of benzene rings is 1. The van der Waals surface area contributed by atoms with Gasteiger partial charge in [0.15, 0.2) is 0 Å². The minimum atomic E-state index is -0.534. The molecule has 0 fully saturated rings. The number of rotatable bonds is 0. The Labute approximate surface area is 68.3 Å². The third kappa shape index (κ3) is 0.993. The first-order valence-electron chi connectivity index (χ1n) is 3.50. The van der Waals surface area contributed by atoms with E-state index in [1.54, 1.807) is 18.2 Å². The lowest BCUT2D eigenvalue weighted by atomic mass is 10.2. The summed E-state index contributed by atoms with van der Waals surface area (Å²) in [6.45, 7) is 0. The Kier molecular flexibility index (Phi) is 1.43. The SMILES string of the molecule is Oc1cccc2cc(F)ncc12. The molecule has 0 aliphatic rings. The third-order valence-corrected chi connectivity index (χ3v) is 1.71. The number of nitrogens with zero attached hydrogens (tertiary/aromatic N) is 1. The molecule has 12 heavy (non-hydrogen) atoms. The van der Waals surface area contributed by atoms with Crippen LogP contribution in [0.2, 0.25) is 0 Å². The van der Waals surface area contributed by atoms with Crippen LogP contribution < -0.4 is 0 Å². The van der Waals surface area contributed by atoms with E-state index in [1.165, 1.54) is 12.3 Å². The average molecular weight is 163 g/mol. The van der Waals surface area contributed by atoms with Gasteiger partial charge in [0.05, 0.1) is 0 Å². The Hall–Kier alpha value is -1.64. The van der Waals surface area contributed by atoms with E-state index >= 15 is 0 Å². The van der Waals surface area contributed by atoms with E-state index in [2.05, 4.69) is 4.98 Å². The largest absolute Gasteiger partial charge is 0.507 e. The molecule has 0 amide bonds. The monoisotopic (exact) mass is 163 g/mol. The number of aromatic hydroxyl groups is 1. The molecule has 0 bridgehead atoms. The van der Waals surface area contributed by atoms with Gasteiger partial charge in [-0.15, -0.1) is 0 Å². The van der Waals surface area contributed by atoms with E-state index in [0.29, 0.717) is 10.8 Å². The Morgan fingerprint density at radius 3 is 3.00 bits per heavy atom. The second-order valence-electron chi connectivity index (χ2n) is 2.51. The van der Waals surface area contributed by atoms with Crippen LogP contribution in [-0.4, -0.2) is 10.1 Å². The molecule has 1 heterocycles. The van der Waals surface area contributed by atoms with Crippen LogP contribution in [0, 0.1) is 5.95 Å². The van der Waals surface area contributed by atoms with Crippen LogP contribution in [0.25, 0.3) is 10.8 Å². The zero-order valence-corrected chi connectivity index (χ0v) is 6.16. The van der Waals surface area contributed by atoms with E-state index in [0.717, 1.165) is 0 Å². The molecule has 2 rings (SSSR count). The normalized spacial score (nSPS) is 10.4. The van der Waals surface area contributed by atoms with Gasteiger partial charge in [0.1, 0.15) is 5.75 Å². The molecule has 0 atom stereocenters. The lowest BCUT2D eigenvalue weighted by Crippen LogP contribution is -1.81. The first kappa shape index (κ1) is 7.03. The Bertz CT molecular complexity index is 428. The average Bonchev–Trinajstić information content (AvgIpc) is 2.04. The van der Waals surface area contributed by atoms with Crippen LogP contribution in [-0.2, 0) is 0 Å². The molecule has 0 aliphatic heterocycles. The number of pyridine rings is 1. The summed E-state index contributed by atoms with van der Waals surface area (Å²) in [5.41, 5.74) is 0. The summed E-state index contributed by atoms with van der Waals surface area (Å²) >= 11 is 0. The van der Waals surface area contributed by atoms with Crippen molar-refractivity contribution in [3.63, 3.8) is 0 Å². The van der Waals surface area contributed by atoms with Crippen molar-refractivity contribution < 1.29 is 9.50 Å². The van der Waals surface area contributed by atoms with Gasteiger partial charge in [0.2, 0.25) is 5.95 Å². The fourth-order valence-electron chi connectivity index (χ4n) is 1.13. The van der Waals surface area contributed by atoms with Crippen LogP contribution in [0.3, 0.4) is 0 Å². The molecular weight excluding hydrogens is 157 g/mol. The van der Waals surface area contributed by atoms with Crippen LogP contribution >= 0.6 is 0 Å². The molecule has 0 unspecified atom stereocenters. The molecule has 1 N–H and O–H groups in total. The maximum atomic E-state index is 12.6. The zero-order valence-electron chi connectivity index (χ0n) is 6.16. The predicted molar refractivity (Wildman–Crippen MR) is 43.4 cm³/mol. The van der Waals surface area contributed by atoms with Gasteiger partial charge in [-0.2, -0.15) is 4.39 Å². The summed E-state index contributed by atoms with van der Waals surface area (Å²) in [5.74, 6) is -0.409. The number of aromatic nitrogens is 1. The molecule has 2 nitrogen and oxygen atoms in total. The van der Waals surface area contributed by atoms with Crippen molar-refractivity contribution >= 4 is 10.8 Å². The Morgan fingerprint density at radius 1 is 1.33 bits per heavy atom. The molecule has 0 aliphatic carbocycles. The first-order valence-corrected chi connectivity index (χ1v) is 3.50. The molecule has 0 spiro atoms. The second-order valence-corrected chi connectivity index (χ2v) is 2.51. The lowest BCUT2D eigenvalue weighted by molar-refractivity contribution is 0.481. The van der Waals surface area contributed by atoms with Gasteiger partial charge >= 0.3 is 0 Å². The zero-order chi connectivity index (χ0) is 8.55. The summed E-state index contributed by atoms with van der Waals surface area (Å²) in [6.07, 6.45) is 1.32. The molecule has 0 saturated heterocycles. The van der Waals surface area contributed by atoms with Gasteiger partial charge in [0.25, 0.3) is 0 Å². The van der Waals surface area contributed by atoms with Crippen molar-refractivity contribution in [1.82, 2.24) is 4.98 Å². The van der Waals surface area contributed by atoms with Crippen molar-refractivity contribution in [2.75, 3.05) is 0 Å². The molecule has 60 valence electrons. The van der Waals surface area contributed by atoms with Crippen molar-refractivity contribution in [3.05, 3.63) is 36.4 Å². The highest BCUT2D eigenvalue weighted by Crippen LogP contribution is 2.22. The van der Waals surface area contributed by atoms with Crippen molar-refractivity contribution in [3.8, 4) is 5.75 Å². The fourth-order valence-corrected chi connectivity index (χ4v) is 1.13. The molecule has 3 heteroatoms. The molecule has 1 aromatic heterocycles. The number of fused-ring (bicyclic) bond motifs is 1. The fraction of sp³-hybridized carbons (Fsp3) is 0. The summed E-state index contributed by atoms with van der Waals surface area (Å²) in [5, 5.41) is 10.5. The van der Waals surface area contributed by atoms with E-state index in [4.69, 9.17) is 0 Å². The molecule has 0 radical (unpaired) electrons. The van der Waals surface area contributed by atoms with Crippen LogP contribution in [0.4, 0.5) is 4.39 Å². The Morgan fingerprint density at radius 2 is 2.17 bits per heavy atom. The van der Waals surface area contributed by atoms with Crippen molar-refractivity contribution in [2.45, 2.75) is 0 Å². The van der Waals surface area contributed by atoms with Crippen molar-refractivity contribution in [1.29, 1.82) is 0 Å². The van der Waals surface area contributed by atoms with Gasteiger partial charge in [-0.25, -0.2) is 4.98 Å². The van der Waals surface area contributed by atoms with Crippen LogP contribution in [0.5, 0.6) is 5.75 Å². The van der Waals surface area contributed by atoms with Crippen LogP contribution in [0.15, 0.2) is 30.5 Å². The predicted octanol–water partition coefficient (Wildman–Crippen LogP) is 2.08. The highest BCUT2D eigenvalue weighted by molar-refractivity contribution is 5.86. The van der Waals surface area contributed by atoms with E-state index in [1.807, 2.05) is 0 Å². The summed E-state index contributed by atoms with van der Waals surface area (Å²) in [6, 6.07) is 6.22. The minimum Gasteiger partial charge on any atom is -0.507 e. The smallest absolute Gasteiger partial charge is 0.213 e. The highest BCUT2D eigenvalue weighted by Gasteiger charge is 1.99. The Balaban J connectivity index is 2.86. The van der Waals surface area contributed by atoms with Crippen LogP contribution in [0.1, 0.15) is 0 Å². The molecule has 2 aromatic rings. The van der Waals surface area contributed by atoms with Gasteiger partial charge in [-0.1, -0.05) is 12.1 Å². The standard InChI is InChI=1S/C9H6FNO/c10-9-4-6-2-1-3-8(12)7(6)5-11-9/h1-5,12H. The molecular formula is C9H6FNO. The van der Waals surface area contributed by atoms with E-state index < -0.39 is 5.95 Å². The van der Waals surface area contributed by atoms with Gasteiger partial charge in [0, 0.05) is 17.6 Å². The van der Waals surface area contributed by atoms with Gasteiger partial charge in [-0.3, -0.25) is 0 Å². The number of halogens is 1. The van der Waals surface area contributed by atoms with E-state index in [-0.39, 0.29) is 5.75 Å². The topological polar surface area (TPSA) is 33.1 Å². The summed E-state index contributed by atoms with van der Waals surface area (Å²) in [7, 11) is 0. The van der Waals surface area contributed by atoms with E-state index in [9.17, 15) is 9.50 Å².